The smallest absolute Gasteiger partial charge is 0.436 e. The summed E-state index contributed by atoms with van der Waals surface area (Å²) in [6.07, 6.45) is 17.5. The van der Waals surface area contributed by atoms with E-state index in [1.165, 1.54) is 76.9 Å². The summed E-state index contributed by atoms with van der Waals surface area (Å²) in [5, 5.41) is 3.82. The number of hydrogen-bond acceptors (Lipinski definition) is 4. The van der Waals surface area contributed by atoms with E-state index in [9.17, 15) is 4.79 Å². The van der Waals surface area contributed by atoms with Crippen molar-refractivity contribution >= 4 is 6.09 Å². The quantitative estimate of drug-likeness (QED) is 0.415. The zero-order valence-corrected chi connectivity index (χ0v) is 15.6. The molecular formula is C19H35N3O2. The maximum atomic E-state index is 11.9. The van der Waals surface area contributed by atoms with Gasteiger partial charge in [-0.2, -0.15) is 4.68 Å². The Balaban J connectivity index is 2.26. The van der Waals surface area contributed by atoms with Gasteiger partial charge in [0.25, 0.3) is 0 Å². The molecule has 0 fully saturated rings. The minimum Gasteiger partial charge on any atom is -0.448 e. The number of nitrogens with zero attached hydrogens (tertiary/aromatic N) is 3. The van der Waals surface area contributed by atoms with E-state index in [0.29, 0.717) is 12.5 Å². The van der Waals surface area contributed by atoms with E-state index in [1.54, 1.807) is 0 Å². The molecule has 0 radical (unpaired) electrons. The van der Waals surface area contributed by atoms with Crippen molar-refractivity contribution in [3.63, 3.8) is 0 Å². The molecule has 0 spiro atoms. The number of hydrogen-bond donors (Lipinski definition) is 0. The van der Waals surface area contributed by atoms with Gasteiger partial charge in [0.05, 0.1) is 6.61 Å². The fourth-order valence-electron chi connectivity index (χ4n) is 2.94. The monoisotopic (exact) mass is 337 g/mol. The molecule has 5 heteroatoms. The Morgan fingerprint density at radius 1 is 0.958 bits per heavy atom. The largest absolute Gasteiger partial charge is 0.448 e. The number of aromatic nitrogens is 3. The van der Waals surface area contributed by atoms with Crippen molar-refractivity contribution in [1.82, 2.24) is 14.8 Å². The average molecular weight is 338 g/mol. The van der Waals surface area contributed by atoms with Crippen molar-refractivity contribution in [2.75, 3.05) is 6.61 Å². The topological polar surface area (TPSA) is 57.0 Å². The third-order valence-electron chi connectivity index (χ3n) is 4.48. The first kappa shape index (κ1) is 20.7. The normalized spacial score (nSPS) is 12.2. The van der Waals surface area contributed by atoms with Gasteiger partial charge < -0.3 is 4.74 Å². The standard InChI is InChI=1S/C19H35N3O2/c1-3-5-7-9-10-12-14-18(13-11-8-6-4-2)15-24-19(23)22-17-20-16-21-22/h16-18H,3-15H2,1-2H3. The van der Waals surface area contributed by atoms with Crippen molar-refractivity contribution in [3.05, 3.63) is 12.7 Å². The van der Waals surface area contributed by atoms with Crippen molar-refractivity contribution in [3.8, 4) is 0 Å². The summed E-state index contributed by atoms with van der Waals surface area (Å²) in [6, 6.07) is 0. The first-order chi connectivity index (χ1) is 11.8. The summed E-state index contributed by atoms with van der Waals surface area (Å²) in [6.45, 7) is 4.98. The number of rotatable bonds is 14. The highest BCUT2D eigenvalue weighted by atomic mass is 16.6. The number of ether oxygens (including phenoxy) is 1. The van der Waals surface area contributed by atoms with Crippen LogP contribution in [0, 0.1) is 5.92 Å². The van der Waals surface area contributed by atoms with Gasteiger partial charge in [-0.3, -0.25) is 0 Å². The maximum Gasteiger partial charge on any atom is 0.436 e. The summed E-state index contributed by atoms with van der Waals surface area (Å²) in [4.78, 5) is 15.6. The van der Waals surface area contributed by atoms with Gasteiger partial charge in [0.2, 0.25) is 0 Å². The molecule has 1 atom stereocenters. The Kier molecular flexibility index (Phi) is 12.0. The first-order valence-electron chi connectivity index (χ1n) is 9.79. The van der Waals surface area contributed by atoms with Gasteiger partial charge in [0.1, 0.15) is 12.7 Å². The Labute approximate surface area is 147 Å². The molecule has 0 N–H and O–H groups in total. The maximum absolute atomic E-state index is 11.9. The minimum atomic E-state index is -0.422. The van der Waals surface area contributed by atoms with Crippen LogP contribution in [-0.4, -0.2) is 27.5 Å². The molecule has 0 aromatic carbocycles. The molecule has 0 amide bonds. The molecular weight excluding hydrogens is 302 g/mol. The third-order valence-corrected chi connectivity index (χ3v) is 4.48. The lowest BCUT2D eigenvalue weighted by molar-refractivity contribution is 0.119. The Morgan fingerprint density at radius 3 is 2.12 bits per heavy atom. The molecule has 1 rings (SSSR count). The highest BCUT2D eigenvalue weighted by Crippen LogP contribution is 2.19. The molecule has 0 aliphatic rings. The summed E-state index contributed by atoms with van der Waals surface area (Å²) in [5.41, 5.74) is 0. The van der Waals surface area contributed by atoms with E-state index in [1.807, 2.05) is 0 Å². The molecule has 24 heavy (non-hydrogen) atoms. The highest BCUT2D eigenvalue weighted by molar-refractivity contribution is 5.68. The van der Waals surface area contributed by atoms with Gasteiger partial charge in [-0.25, -0.2) is 9.78 Å². The van der Waals surface area contributed by atoms with Gasteiger partial charge in [-0.15, -0.1) is 5.10 Å². The summed E-state index contributed by atoms with van der Waals surface area (Å²) in [7, 11) is 0. The molecule has 0 bridgehead atoms. The van der Waals surface area contributed by atoms with Crippen molar-refractivity contribution in [2.45, 2.75) is 90.9 Å². The fraction of sp³-hybridized carbons (Fsp3) is 0.842. The van der Waals surface area contributed by atoms with Crippen LogP contribution >= 0.6 is 0 Å². The fourth-order valence-corrected chi connectivity index (χ4v) is 2.94. The Hall–Kier alpha value is -1.39. The van der Waals surface area contributed by atoms with E-state index in [2.05, 4.69) is 23.9 Å². The first-order valence-corrected chi connectivity index (χ1v) is 9.79. The molecule has 1 unspecified atom stereocenters. The van der Waals surface area contributed by atoms with Crippen LogP contribution in [0.2, 0.25) is 0 Å². The average Bonchev–Trinajstić information content (AvgIpc) is 3.13. The van der Waals surface area contributed by atoms with Crippen LogP contribution in [0.5, 0.6) is 0 Å². The van der Waals surface area contributed by atoms with Crippen LogP contribution < -0.4 is 0 Å². The number of carbonyl (C=O) groups is 1. The highest BCUT2D eigenvalue weighted by Gasteiger charge is 2.13. The van der Waals surface area contributed by atoms with E-state index in [0.717, 1.165) is 17.5 Å². The van der Waals surface area contributed by atoms with Crippen LogP contribution in [0.15, 0.2) is 12.7 Å². The van der Waals surface area contributed by atoms with Gasteiger partial charge >= 0.3 is 6.09 Å². The Morgan fingerprint density at radius 2 is 1.54 bits per heavy atom. The predicted octanol–water partition coefficient (Wildman–Crippen LogP) is 5.60. The van der Waals surface area contributed by atoms with Crippen LogP contribution in [0.4, 0.5) is 4.79 Å². The molecule has 0 saturated carbocycles. The summed E-state index contributed by atoms with van der Waals surface area (Å²) < 4.78 is 6.57. The molecule has 0 aliphatic heterocycles. The number of carbonyl (C=O) groups excluding carboxylic acids is 1. The summed E-state index contributed by atoms with van der Waals surface area (Å²) in [5.74, 6) is 0.473. The zero-order chi connectivity index (χ0) is 17.5. The lowest BCUT2D eigenvalue weighted by atomic mass is 9.95. The van der Waals surface area contributed by atoms with E-state index >= 15 is 0 Å². The van der Waals surface area contributed by atoms with E-state index < -0.39 is 6.09 Å². The summed E-state index contributed by atoms with van der Waals surface area (Å²) >= 11 is 0. The van der Waals surface area contributed by atoms with Gasteiger partial charge in [0, 0.05) is 0 Å². The molecule has 1 heterocycles. The van der Waals surface area contributed by atoms with Gasteiger partial charge in [-0.1, -0.05) is 78.1 Å². The SMILES string of the molecule is CCCCCCCCC(CCCCCC)COC(=O)n1cncn1. The van der Waals surface area contributed by atoms with Crippen molar-refractivity contribution in [1.29, 1.82) is 0 Å². The lowest BCUT2D eigenvalue weighted by Gasteiger charge is -2.17. The van der Waals surface area contributed by atoms with Crippen LogP contribution in [0.25, 0.3) is 0 Å². The van der Waals surface area contributed by atoms with E-state index in [-0.39, 0.29) is 0 Å². The zero-order valence-electron chi connectivity index (χ0n) is 15.6. The molecule has 0 aliphatic carbocycles. The van der Waals surface area contributed by atoms with Gasteiger partial charge in [0.15, 0.2) is 0 Å². The second-order valence-corrected chi connectivity index (χ2v) is 6.69. The van der Waals surface area contributed by atoms with Crippen LogP contribution in [-0.2, 0) is 4.74 Å². The molecule has 1 aromatic heterocycles. The van der Waals surface area contributed by atoms with Gasteiger partial charge in [-0.05, 0) is 18.8 Å². The van der Waals surface area contributed by atoms with Crippen molar-refractivity contribution < 1.29 is 9.53 Å². The predicted molar refractivity (Wildman–Crippen MR) is 97.0 cm³/mol. The second kappa shape index (κ2) is 14.0. The minimum absolute atomic E-state index is 0.422. The van der Waals surface area contributed by atoms with Crippen molar-refractivity contribution in [2.24, 2.45) is 5.92 Å². The van der Waals surface area contributed by atoms with E-state index in [4.69, 9.17) is 4.74 Å². The molecule has 0 saturated heterocycles. The Bertz CT molecular complexity index is 407. The van der Waals surface area contributed by atoms with Crippen LogP contribution in [0.3, 0.4) is 0 Å². The second-order valence-electron chi connectivity index (χ2n) is 6.69. The third kappa shape index (κ3) is 9.68. The number of unbranched alkanes of at least 4 members (excludes halogenated alkanes) is 8. The molecule has 1 aromatic rings. The molecule has 5 nitrogen and oxygen atoms in total. The lowest BCUT2D eigenvalue weighted by Crippen LogP contribution is -2.19. The molecule has 138 valence electrons. The van der Waals surface area contributed by atoms with Crippen LogP contribution in [0.1, 0.15) is 90.9 Å².